The molecule has 2 aromatic carbocycles. The Balaban J connectivity index is 1.77. The van der Waals surface area contributed by atoms with E-state index in [-0.39, 0.29) is 11.5 Å². The molecule has 3 aromatic rings. The number of carbonyl (C=O) groups is 2. The number of nitrogens with one attached hydrogen (secondary N) is 2. The van der Waals surface area contributed by atoms with E-state index < -0.39 is 5.97 Å². The summed E-state index contributed by atoms with van der Waals surface area (Å²) in [6.07, 6.45) is 5.52. The number of carboxylic acid groups (broad SMARTS) is 1. The molecule has 0 bridgehead atoms. The Bertz CT molecular complexity index is 1200. The van der Waals surface area contributed by atoms with Gasteiger partial charge in [0.1, 0.15) is 5.75 Å². The maximum absolute atomic E-state index is 12.7. The van der Waals surface area contributed by atoms with Gasteiger partial charge >= 0.3 is 5.97 Å². The molecule has 1 amide bonds. The van der Waals surface area contributed by atoms with Crippen LogP contribution in [-0.4, -0.2) is 29.1 Å². The third-order valence-corrected chi connectivity index (χ3v) is 5.04. The molecule has 0 saturated heterocycles. The van der Waals surface area contributed by atoms with Gasteiger partial charge in [0.25, 0.3) is 5.91 Å². The molecule has 0 atom stereocenters. The topological polar surface area (TPSA) is 91.4 Å². The van der Waals surface area contributed by atoms with E-state index in [4.69, 9.17) is 9.84 Å². The predicted octanol–water partition coefficient (Wildman–Crippen LogP) is 4.77. The van der Waals surface area contributed by atoms with Crippen molar-refractivity contribution in [3.63, 3.8) is 0 Å². The summed E-state index contributed by atoms with van der Waals surface area (Å²) in [5.41, 5.74) is 5.85. The van der Waals surface area contributed by atoms with Crippen LogP contribution in [0.3, 0.4) is 0 Å². The van der Waals surface area contributed by atoms with Gasteiger partial charge in [-0.3, -0.25) is 4.79 Å². The van der Waals surface area contributed by atoms with E-state index in [9.17, 15) is 9.59 Å². The summed E-state index contributed by atoms with van der Waals surface area (Å²) in [7, 11) is 1.59. The van der Waals surface area contributed by atoms with Crippen molar-refractivity contribution in [2.45, 2.75) is 6.92 Å². The second-order valence-electron chi connectivity index (χ2n) is 6.95. The predicted molar refractivity (Wildman–Crippen MR) is 117 cm³/mol. The molecular weight excluding hydrogens is 380 g/mol. The van der Waals surface area contributed by atoms with Gasteiger partial charge in [0.2, 0.25) is 0 Å². The van der Waals surface area contributed by atoms with Crippen LogP contribution in [0.15, 0.2) is 54.7 Å². The van der Waals surface area contributed by atoms with Gasteiger partial charge in [0.05, 0.1) is 23.9 Å². The van der Waals surface area contributed by atoms with Crippen molar-refractivity contribution >= 4 is 40.9 Å². The number of H-pyrrole nitrogens is 1. The number of hydrogen-bond acceptors (Lipinski definition) is 3. The van der Waals surface area contributed by atoms with E-state index in [0.717, 1.165) is 33.6 Å². The average molecular weight is 400 g/mol. The van der Waals surface area contributed by atoms with Crippen LogP contribution in [0.2, 0.25) is 0 Å². The molecule has 2 heterocycles. The van der Waals surface area contributed by atoms with Gasteiger partial charge in [-0.1, -0.05) is 30.3 Å². The van der Waals surface area contributed by atoms with Crippen molar-refractivity contribution in [2.75, 3.05) is 12.4 Å². The lowest BCUT2D eigenvalue weighted by atomic mass is 9.93. The normalized spacial score (nSPS) is 14.5. The Kier molecular flexibility index (Phi) is 4.98. The summed E-state index contributed by atoms with van der Waals surface area (Å²) in [5.74, 6) is -0.470. The minimum atomic E-state index is -0.956. The van der Waals surface area contributed by atoms with Crippen molar-refractivity contribution in [2.24, 2.45) is 0 Å². The van der Waals surface area contributed by atoms with E-state index in [2.05, 4.69) is 10.3 Å². The molecule has 0 unspecified atom stereocenters. The fourth-order valence-corrected chi connectivity index (χ4v) is 3.57. The molecular formula is C24H20N2O4. The van der Waals surface area contributed by atoms with Gasteiger partial charge < -0.3 is 20.1 Å². The number of ether oxygens (including phenoxy) is 1. The second kappa shape index (κ2) is 7.75. The number of benzene rings is 2. The van der Waals surface area contributed by atoms with Crippen LogP contribution in [0.25, 0.3) is 23.3 Å². The lowest BCUT2D eigenvalue weighted by Crippen LogP contribution is -2.03. The molecule has 0 aliphatic carbocycles. The maximum Gasteiger partial charge on any atom is 0.335 e. The Labute approximate surface area is 173 Å². The number of carbonyl (C=O) groups excluding carboxylic acids is 1. The zero-order valence-corrected chi connectivity index (χ0v) is 16.5. The number of anilines is 1. The van der Waals surface area contributed by atoms with Crippen molar-refractivity contribution in [3.8, 4) is 5.75 Å². The van der Waals surface area contributed by atoms with Crippen LogP contribution in [0.5, 0.6) is 5.75 Å². The number of hydrogen-bond donors (Lipinski definition) is 3. The summed E-state index contributed by atoms with van der Waals surface area (Å²) in [6.45, 7) is 1.97. The highest BCUT2D eigenvalue weighted by molar-refractivity contribution is 6.35. The standard InChI is InChI=1S/C24H20N2O4/c1-14(12-15-6-8-16(9-7-15)24(28)29)17-4-3-5-19-22(17)18(23(27)26-19)13-20-21(30-2)10-11-25-20/h3-13,25H,1-2H3,(H,26,27)(H,28,29)/b14-12+,18-13-. The summed E-state index contributed by atoms with van der Waals surface area (Å²) in [6, 6.07) is 14.2. The monoisotopic (exact) mass is 400 g/mol. The van der Waals surface area contributed by atoms with Gasteiger partial charge in [-0.05, 0) is 54.0 Å². The first kappa shape index (κ1) is 19.3. The molecule has 4 rings (SSSR count). The molecule has 0 saturated carbocycles. The van der Waals surface area contributed by atoms with Crippen LogP contribution >= 0.6 is 0 Å². The highest BCUT2D eigenvalue weighted by atomic mass is 16.5. The first-order valence-corrected chi connectivity index (χ1v) is 9.37. The number of aromatic amines is 1. The Hall–Kier alpha value is -4.06. The van der Waals surface area contributed by atoms with Crippen LogP contribution in [0, 0.1) is 0 Å². The minimum Gasteiger partial charge on any atom is -0.495 e. The first-order valence-electron chi connectivity index (χ1n) is 9.37. The van der Waals surface area contributed by atoms with E-state index in [1.807, 2.05) is 31.2 Å². The van der Waals surface area contributed by atoms with Gasteiger partial charge in [0.15, 0.2) is 0 Å². The highest BCUT2D eigenvalue weighted by Crippen LogP contribution is 2.39. The summed E-state index contributed by atoms with van der Waals surface area (Å²) < 4.78 is 5.34. The van der Waals surface area contributed by atoms with Crippen molar-refractivity contribution in [1.82, 2.24) is 4.98 Å². The minimum absolute atomic E-state index is 0.173. The Morgan fingerprint density at radius 1 is 1.10 bits per heavy atom. The van der Waals surface area contributed by atoms with Gasteiger partial charge in [-0.25, -0.2) is 4.79 Å². The molecule has 6 nitrogen and oxygen atoms in total. The number of aromatic carboxylic acids is 1. The summed E-state index contributed by atoms with van der Waals surface area (Å²) in [4.78, 5) is 26.8. The zero-order valence-electron chi connectivity index (χ0n) is 16.5. The molecule has 0 fully saturated rings. The highest BCUT2D eigenvalue weighted by Gasteiger charge is 2.27. The zero-order chi connectivity index (χ0) is 21.3. The molecule has 1 aromatic heterocycles. The number of methoxy groups -OCH3 is 1. The van der Waals surface area contributed by atoms with E-state index in [0.29, 0.717) is 11.3 Å². The van der Waals surface area contributed by atoms with Gasteiger partial charge in [-0.2, -0.15) is 0 Å². The van der Waals surface area contributed by atoms with Crippen LogP contribution in [0.1, 0.15) is 39.7 Å². The van der Waals surface area contributed by atoms with Crippen LogP contribution in [0.4, 0.5) is 5.69 Å². The molecule has 1 aliphatic rings. The number of allylic oxidation sites excluding steroid dienone is 1. The van der Waals surface area contributed by atoms with E-state index >= 15 is 0 Å². The molecule has 0 radical (unpaired) electrons. The molecule has 3 N–H and O–H groups in total. The third kappa shape index (κ3) is 3.51. The molecule has 150 valence electrons. The number of fused-ring (bicyclic) bond motifs is 1. The Morgan fingerprint density at radius 2 is 1.87 bits per heavy atom. The number of carboxylic acids is 1. The third-order valence-electron chi connectivity index (χ3n) is 5.04. The maximum atomic E-state index is 12.7. The summed E-state index contributed by atoms with van der Waals surface area (Å²) in [5, 5.41) is 12.0. The smallest absolute Gasteiger partial charge is 0.335 e. The van der Waals surface area contributed by atoms with E-state index in [1.165, 1.54) is 0 Å². The largest absolute Gasteiger partial charge is 0.495 e. The van der Waals surface area contributed by atoms with Gasteiger partial charge in [0, 0.05) is 17.4 Å². The molecule has 30 heavy (non-hydrogen) atoms. The van der Waals surface area contributed by atoms with Crippen molar-refractivity contribution in [1.29, 1.82) is 0 Å². The number of amides is 1. The fourth-order valence-electron chi connectivity index (χ4n) is 3.57. The average Bonchev–Trinajstić information content (AvgIpc) is 3.32. The lowest BCUT2D eigenvalue weighted by Gasteiger charge is -2.10. The Morgan fingerprint density at radius 3 is 2.57 bits per heavy atom. The van der Waals surface area contributed by atoms with Gasteiger partial charge in [-0.15, -0.1) is 0 Å². The van der Waals surface area contributed by atoms with Crippen molar-refractivity contribution < 1.29 is 19.4 Å². The van der Waals surface area contributed by atoms with Crippen molar-refractivity contribution in [3.05, 3.63) is 82.7 Å². The number of aromatic nitrogens is 1. The number of rotatable bonds is 5. The lowest BCUT2D eigenvalue weighted by molar-refractivity contribution is -0.110. The fraction of sp³-hybridized carbons (Fsp3) is 0.0833. The quantitative estimate of drug-likeness (QED) is 0.425. The van der Waals surface area contributed by atoms with Crippen LogP contribution < -0.4 is 10.1 Å². The molecule has 0 spiro atoms. The first-order chi connectivity index (χ1) is 14.5. The van der Waals surface area contributed by atoms with Crippen LogP contribution in [-0.2, 0) is 4.79 Å². The molecule has 1 aliphatic heterocycles. The summed E-state index contributed by atoms with van der Waals surface area (Å²) >= 11 is 0. The SMILES string of the molecule is COc1cc[nH]c1/C=C1\C(=O)Nc2cccc(/C(C)=C/c3ccc(C(=O)O)cc3)c21. The van der Waals surface area contributed by atoms with E-state index in [1.54, 1.807) is 49.7 Å². The second-order valence-corrected chi connectivity index (χ2v) is 6.95. The molecule has 6 heteroatoms.